The topological polar surface area (TPSA) is 90.8 Å². The summed E-state index contributed by atoms with van der Waals surface area (Å²) in [6.07, 6.45) is 1.13. The average Bonchev–Trinajstić information content (AvgIpc) is 3.50. The summed E-state index contributed by atoms with van der Waals surface area (Å²) in [5.41, 5.74) is 3.56. The third kappa shape index (κ3) is 5.46. The van der Waals surface area contributed by atoms with Gasteiger partial charge >= 0.3 is 5.97 Å². The van der Waals surface area contributed by atoms with Crippen molar-refractivity contribution in [2.75, 3.05) is 6.61 Å². The van der Waals surface area contributed by atoms with Crippen molar-refractivity contribution in [2.45, 2.75) is 39.0 Å². The Morgan fingerprint density at radius 1 is 1.17 bits per heavy atom. The van der Waals surface area contributed by atoms with Crippen LogP contribution in [0.15, 0.2) is 54.6 Å². The van der Waals surface area contributed by atoms with Crippen LogP contribution in [0.5, 0.6) is 5.88 Å². The number of hydrogen-bond acceptors (Lipinski definition) is 6. The van der Waals surface area contributed by atoms with E-state index in [-0.39, 0.29) is 35.6 Å². The van der Waals surface area contributed by atoms with E-state index in [1.165, 1.54) is 18.2 Å². The Morgan fingerprint density at radius 2 is 1.98 bits per heavy atom. The fourth-order valence-corrected chi connectivity index (χ4v) is 5.77. The molecule has 0 radical (unpaired) electrons. The minimum absolute atomic E-state index is 0.0125. The number of aromatic carboxylic acids is 1. The Kier molecular flexibility index (Phi) is 7.41. The van der Waals surface area contributed by atoms with Crippen LogP contribution >= 0.6 is 11.3 Å². The summed E-state index contributed by atoms with van der Waals surface area (Å²) in [6, 6.07) is 14.1. The molecule has 6 rings (SSSR count). The fraction of sp³-hybridized carbons (Fsp3) is 0.226. The number of pyridine rings is 1. The molecular formula is C31H24F2N4O4S. The number of nitrogens with zero attached hydrogens (tertiary/aromatic N) is 4. The van der Waals surface area contributed by atoms with Crippen LogP contribution in [-0.2, 0) is 24.3 Å². The van der Waals surface area contributed by atoms with E-state index in [1.54, 1.807) is 30.3 Å². The molecule has 0 aliphatic carbocycles. The number of aromatic nitrogens is 3. The van der Waals surface area contributed by atoms with Gasteiger partial charge in [0.05, 0.1) is 30.4 Å². The predicted molar refractivity (Wildman–Crippen MR) is 153 cm³/mol. The first-order valence-corrected chi connectivity index (χ1v) is 14.0. The molecule has 0 saturated carbocycles. The van der Waals surface area contributed by atoms with Crippen LogP contribution in [0.2, 0.25) is 0 Å². The third-order valence-electron chi connectivity index (χ3n) is 7.20. The summed E-state index contributed by atoms with van der Waals surface area (Å²) in [4.78, 5) is 24.7. The van der Waals surface area contributed by atoms with E-state index in [4.69, 9.17) is 16.0 Å². The number of imidazole rings is 1. The van der Waals surface area contributed by atoms with Crippen molar-refractivity contribution in [1.82, 2.24) is 14.5 Å². The Morgan fingerprint density at radius 3 is 2.69 bits per heavy atom. The number of halogens is 2. The number of carboxylic acids is 1. The van der Waals surface area contributed by atoms with Crippen molar-refractivity contribution in [3.8, 4) is 17.1 Å². The maximum Gasteiger partial charge on any atom is 0.346 e. The van der Waals surface area contributed by atoms with E-state index < -0.39 is 17.6 Å². The second-order valence-corrected chi connectivity index (χ2v) is 11.0. The van der Waals surface area contributed by atoms with E-state index in [9.17, 15) is 14.3 Å². The molecule has 1 aliphatic rings. The Balaban J connectivity index is 1.24. The molecule has 0 amide bonds. The lowest BCUT2D eigenvalue weighted by molar-refractivity contribution is -0.0589. The highest BCUT2D eigenvalue weighted by Gasteiger charge is 2.24. The molecule has 5 aromatic rings. The van der Waals surface area contributed by atoms with Gasteiger partial charge in [-0.3, -0.25) is 0 Å². The summed E-state index contributed by atoms with van der Waals surface area (Å²) in [7, 11) is 0. The van der Waals surface area contributed by atoms with Gasteiger partial charge in [0.15, 0.2) is 5.69 Å². The molecule has 8 nitrogen and oxygen atoms in total. The zero-order valence-corrected chi connectivity index (χ0v) is 23.3. The lowest BCUT2D eigenvalue weighted by atomic mass is 9.99. The fourth-order valence-electron chi connectivity index (χ4n) is 4.88. The number of thiophene rings is 1. The van der Waals surface area contributed by atoms with Crippen LogP contribution < -0.4 is 4.74 Å². The van der Waals surface area contributed by atoms with Crippen molar-refractivity contribution in [1.29, 1.82) is 0 Å². The molecule has 0 bridgehead atoms. The first-order chi connectivity index (χ1) is 20.3. The molecule has 1 atom stereocenters. The average molecular weight is 587 g/mol. The minimum Gasteiger partial charge on any atom is -0.477 e. The molecular weight excluding hydrogens is 562 g/mol. The highest BCUT2D eigenvalue weighted by molar-refractivity contribution is 7.20. The quantitative estimate of drug-likeness (QED) is 0.188. The highest BCUT2D eigenvalue weighted by Crippen LogP contribution is 2.31. The molecule has 1 saturated heterocycles. The largest absolute Gasteiger partial charge is 0.477 e. The van der Waals surface area contributed by atoms with Crippen molar-refractivity contribution in [3.63, 3.8) is 0 Å². The van der Waals surface area contributed by atoms with Gasteiger partial charge in [0, 0.05) is 30.2 Å². The van der Waals surface area contributed by atoms with Crippen LogP contribution in [0.1, 0.15) is 38.6 Å². The number of aryl methyl sites for hydroxylation is 1. The number of hydrogen-bond donors (Lipinski definition) is 1. The number of rotatable bonds is 9. The second-order valence-electron chi connectivity index (χ2n) is 10.00. The summed E-state index contributed by atoms with van der Waals surface area (Å²) >= 11 is 1.10. The summed E-state index contributed by atoms with van der Waals surface area (Å²) in [6.45, 7) is 10.00. The SMILES string of the molecule is [C-]#[N+]c1ccc(COc2cccc(-c3cc(F)c(Cc4nc5sc(C(=O)O)cc5n4C[C@@H]4CCO4)cc3C)n2)c(F)c1. The zero-order valence-electron chi connectivity index (χ0n) is 22.4. The number of carbonyl (C=O) groups is 1. The molecule has 2 aromatic carbocycles. The first kappa shape index (κ1) is 27.5. The smallest absolute Gasteiger partial charge is 0.346 e. The van der Waals surface area contributed by atoms with Gasteiger partial charge in [-0.15, -0.1) is 11.3 Å². The summed E-state index contributed by atoms with van der Waals surface area (Å²) in [5, 5.41) is 9.42. The van der Waals surface area contributed by atoms with Crippen molar-refractivity contribution in [3.05, 3.63) is 105 Å². The van der Waals surface area contributed by atoms with Gasteiger partial charge in [-0.25, -0.2) is 28.4 Å². The van der Waals surface area contributed by atoms with Gasteiger partial charge < -0.3 is 19.1 Å². The first-order valence-electron chi connectivity index (χ1n) is 13.2. The molecule has 0 unspecified atom stereocenters. The van der Waals surface area contributed by atoms with Crippen LogP contribution in [-0.4, -0.2) is 38.3 Å². The number of carboxylic acid groups (broad SMARTS) is 1. The van der Waals surface area contributed by atoms with Gasteiger partial charge in [0.25, 0.3) is 0 Å². The molecule has 1 N–H and O–H groups in total. The molecule has 1 fully saturated rings. The van der Waals surface area contributed by atoms with E-state index in [0.29, 0.717) is 51.7 Å². The second kappa shape index (κ2) is 11.3. The molecule has 212 valence electrons. The summed E-state index contributed by atoms with van der Waals surface area (Å²) in [5.74, 6) is -1.06. The molecule has 4 heterocycles. The molecule has 11 heteroatoms. The standard InChI is InChI=1S/C31H24F2N4O4S/c1-17-10-19(11-28-36-30-26(14-27(42-30)31(38)39)37(28)15-21-8-9-40-21)24(33)13-22(17)25-4-3-5-29(35-25)41-16-18-6-7-20(34-2)12-23(18)32/h3-7,10,12-14,21H,8-9,11,15-16H2,1H3,(H,38,39)/t21-/m0/s1. The maximum absolute atomic E-state index is 15.5. The number of benzene rings is 2. The van der Waals surface area contributed by atoms with Gasteiger partial charge in [0.1, 0.15) is 33.8 Å². The van der Waals surface area contributed by atoms with E-state index >= 15 is 4.39 Å². The zero-order chi connectivity index (χ0) is 29.4. The predicted octanol–water partition coefficient (Wildman–Crippen LogP) is 6.95. The number of ether oxygens (including phenoxy) is 2. The van der Waals surface area contributed by atoms with Crippen LogP contribution in [0.4, 0.5) is 14.5 Å². The van der Waals surface area contributed by atoms with Gasteiger partial charge in [-0.2, -0.15) is 0 Å². The minimum atomic E-state index is -1.01. The molecule has 3 aromatic heterocycles. The van der Waals surface area contributed by atoms with E-state index in [2.05, 4.69) is 14.8 Å². The lowest BCUT2D eigenvalue weighted by Crippen LogP contribution is -2.31. The number of fused-ring (bicyclic) bond motifs is 1. The van der Waals surface area contributed by atoms with E-state index in [1.807, 2.05) is 11.5 Å². The Bertz CT molecular complexity index is 1870. The van der Waals surface area contributed by atoms with Gasteiger partial charge in [-0.1, -0.05) is 24.3 Å². The van der Waals surface area contributed by atoms with Gasteiger partial charge in [0.2, 0.25) is 5.88 Å². The molecule has 0 spiro atoms. The normalized spacial score (nSPS) is 14.5. The van der Waals surface area contributed by atoms with Crippen molar-refractivity contribution < 1.29 is 28.2 Å². The van der Waals surface area contributed by atoms with E-state index in [0.717, 1.165) is 29.4 Å². The maximum atomic E-state index is 15.5. The monoisotopic (exact) mass is 586 g/mol. The van der Waals surface area contributed by atoms with Crippen LogP contribution in [0.25, 0.3) is 26.4 Å². The van der Waals surface area contributed by atoms with Gasteiger partial charge in [-0.05, 0) is 48.7 Å². The van der Waals surface area contributed by atoms with Crippen LogP contribution in [0.3, 0.4) is 0 Å². The lowest BCUT2D eigenvalue weighted by Gasteiger charge is -2.27. The Hall–Kier alpha value is -4.66. The van der Waals surface area contributed by atoms with Crippen molar-refractivity contribution in [2.24, 2.45) is 0 Å². The summed E-state index contributed by atoms with van der Waals surface area (Å²) < 4.78 is 43.0. The molecule has 42 heavy (non-hydrogen) atoms. The van der Waals surface area contributed by atoms with Crippen LogP contribution in [0, 0.1) is 25.1 Å². The highest BCUT2D eigenvalue weighted by atomic mass is 32.1. The van der Waals surface area contributed by atoms with Crippen molar-refractivity contribution >= 4 is 33.3 Å². The third-order valence-corrected chi connectivity index (χ3v) is 8.21. The Labute approximate surface area is 243 Å². The molecule has 1 aliphatic heterocycles.